The molecule has 1 fully saturated rings. The van der Waals surface area contributed by atoms with Crippen LogP contribution in [0, 0.1) is 0 Å². The van der Waals surface area contributed by atoms with Crippen molar-refractivity contribution in [2.75, 3.05) is 31.6 Å². The maximum absolute atomic E-state index is 12.0. The van der Waals surface area contributed by atoms with Crippen LogP contribution in [0.4, 0.5) is 5.69 Å². The molecule has 1 amide bonds. The van der Waals surface area contributed by atoms with Gasteiger partial charge in [0.1, 0.15) is 0 Å². The quantitative estimate of drug-likeness (QED) is 0.928. The molecule has 21 heavy (non-hydrogen) atoms. The van der Waals surface area contributed by atoms with Crippen molar-refractivity contribution in [2.45, 2.75) is 32.9 Å². The lowest BCUT2D eigenvalue weighted by atomic mass is 10.1. The van der Waals surface area contributed by atoms with Crippen molar-refractivity contribution < 1.29 is 4.79 Å². The van der Waals surface area contributed by atoms with Crippen LogP contribution in [0.25, 0.3) is 0 Å². The molecule has 1 aliphatic heterocycles. The van der Waals surface area contributed by atoms with Crippen molar-refractivity contribution in [3.8, 4) is 0 Å². The van der Waals surface area contributed by atoms with Crippen molar-refractivity contribution in [3.63, 3.8) is 0 Å². The van der Waals surface area contributed by atoms with Crippen LogP contribution in [0.5, 0.6) is 0 Å². The van der Waals surface area contributed by atoms with Gasteiger partial charge >= 0.3 is 0 Å². The van der Waals surface area contributed by atoms with Gasteiger partial charge in [-0.05, 0) is 24.1 Å². The molecule has 1 aromatic rings. The molecule has 0 atom stereocenters. The second kappa shape index (κ2) is 7.14. The zero-order valence-corrected chi connectivity index (χ0v) is 13.8. The van der Waals surface area contributed by atoms with Crippen LogP contribution in [0.3, 0.4) is 0 Å². The van der Waals surface area contributed by atoms with Crippen LogP contribution in [0.1, 0.15) is 25.8 Å². The topological polar surface area (TPSA) is 35.6 Å². The third-order valence-corrected chi connectivity index (χ3v) is 4.04. The summed E-state index contributed by atoms with van der Waals surface area (Å²) < 4.78 is 0. The summed E-state index contributed by atoms with van der Waals surface area (Å²) in [6, 6.07) is 6.54. The van der Waals surface area contributed by atoms with Gasteiger partial charge in [-0.1, -0.05) is 31.5 Å². The molecular formula is C16H24ClN3O. The number of hydrogen-bond acceptors (Lipinski definition) is 3. The Hall–Kier alpha value is -1.26. The summed E-state index contributed by atoms with van der Waals surface area (Å²) in [5.74, 6) is 0.147. The Kier molecular flexibility index (Phi) is 5.48. The average molecular weight is 310 g/mol. The van der Waals surface area contributed by atoms with E-state index in [2.05, 4.69) is 30.1 Å². The monoisotopic (exact) mass is 309 g/mol. The second-order valence-electron chi connectivity index (χ2n) is 5.91. The predicted molar refractivity (Wildman–Crippen MR) is 87.9 cm³/mol. The lowest BCUT2D eigenvalue weighted by molar-refractivity contribution is -0.127. The van der Waals surface area contributed by atoms with E-state index in [0.29, 0.717) is 12.6 Å². The molecule has 0 spiro atoms. The van der Waals surface area contributed by atoms with Crippen LogP contribution in [-0.2, 0) is 11.3 Å². The summed E-state index contributed by atoms with van der Waals surface area (Å²) in [4.78, 5) is 15.8. The summed E-state index contributed by atoms with van der Waals surface area (Å²) in [5.41, 5.74) is 2.12. The van der Waals surface area contributed by atoms with Crippen molar-refractivity contribution >= 4 is 23.2 Å². The third-order valence-electron chi connectivity index (χ3n) is 3.74. The highest BCUT2D eigenvalue weighted by Crippen LogP contribution is 2.28. The molecule has 1 saturated heterocycles. The molecule has 5 heteroatoms. The van der Waals surface area contributed by atoms with E-state index in [9.17, 15) is 4.79 Å². The maximum Gasteiger partial charge on any atom is 0.241 e. The van der Waals surface area contributed by atoms with Gasteiger partial charge in [-0.15, -0.1) is 0 Å². The summed E-state index contributed by atoms with van der Waals surface area (Å²) in [5, 5.41) is 4.10. The number of rotatable bonds is 4. The Bertz CT molecular complexity index is 504. The molecule has 1 heterocycles. The molecule has 0 aliphatic carbocycles. The van der Waals surface area contributed by atoms with Crippen molar-refractivity contribution in [2.24, 2.45) is 0 Å². The van der Waals surface area contributed by atoms with Gasteiger partial charge in [0.15, 0.2) is 0 Å². The summed E-state index contributed by atoms with van der Waals surface area (Å²) in [7, 11) is 1.86. The second-order valence-corrected chi connectivity index (χ2v) is 6.32. The molecule has 0 bridgehead atoms. The number of amides is 1. The van der Waals surface area contributed by atoms with Gasteiger partial charge in [-0.3, -0.25) is 4.79 Å². The molecule has 116 valence electrons. The highest BCUT2D eigenvalue weighted by atomic mass is 35.5. The minimum absolute atomic E-state index is 0.147. The lowest BCUT2D eigenvalue weighted by Gasteiger charge is -2.23. The Morgan fingerprint density at radius 3 is 2.76 bits per heavy atom. The first-order valence-electron chi connectivity index (χ1n) is 7.48. The van der Waals surface area contributed by atoms with E-state index in [1.807, 2.05) is 19.2 Å². The lowest BCUT2D eigenvalue weighted by Crippen LogP contribution is -2.34. The number of likely N-dealkylation sites (N-methyl/N-ethyl adjacent to an activating group) is 1. The Balaban J connectivity index is 2.11. The fourth-order valence-electron chi connectivity index (χ4n) is 2.43. The van der Waals surface area contributed by atoms with Gasteiger partial charge in [0.25, 0.3) is 0 Å². The molecule has 1 aromatic carbocycles. The number of carbonyl (C=O) groups is 1. The third kappa shape index (κ3) is 4.35. The number of nitrogens with zero attached hydrogens (tertiary/aromatic N) is 2. The molecule has 0 unspecified atom stereocenters. The molecule has 1 aliphatic rings. The first-order chi connectivity index (χ1) is 9.97. The fourth-order valence-corrected chi connectivity index (χ4v) is 2.75. The minimum atomic E-state index is 0.147. The van der Waals surface area contributed by atoms with Gasteiger partial charge in [-0.25, -0.2) is 0 Å². The van der Waals surface area contributed by atoms with E-state index in [1.165, 1.54) is 0 Å². The van der Waals surface area contributed by atoms with Crippen molar-refractivity contribution in [1.29, 1.82) is 0 Å². The van der Waals surface area contributed by atoms with Gasteiger partial charge in [0.2, 0.25) is 5.91 Å². The molecule has 0 saturated carbocycles. The number of carbonyl (C=O) groups excluding carboxylic acids is 1. The van der Waals surface area contributed by atoms with Crippen LogP contribution >= 0.6 is 11.6 Å². The maximum atomic E-state index is 12.0. The number of halogens is 1. The number of anilines is 1. The first kappa shape index (κ1) is 16.1. The Morgan fingerprint density at radius 2 is 2.10 bits per heavy atom. The molecule has 0 aromatic heterocycles. The van der Waals surface area contributed by atoms with E-state index >= 15 is 0 Å². The zero-order chi connectivity index (χ0) is 15.4. The van der Waals surface area contributed by atoms with Crippen molar-refractivity contribution in [1.82, 2.24) is 10.2 Å². The average Bonchev–Trinajstić information content (AvgIpc) is 2.59. The summed E-state index contributed by atoms with van der Waals surface area (Å²) in [6.07, 6.45) is 0.967. The van der Waals surface area contributed by atoms with Crippen LogP contribution in [-0.4, -0.2) is 43.5 Å². The molecule has 4 nitrogen and oxygen atoms in total. The number of nitrogens with one attached hydrogen (secondary N) is 1. The van der Waals surface area contributed by atoms with Crippen LogP contribution in [0.15, 0.2) is 18.2 Å². The van der Waals surface area contributed by atoms with E-state index in [-0.39, 0.29) is 5.91 Å². The van der Waals surface area contributed by atoms with Crippen molar-refractivity contribution in [3.05, 3.63) is 28.8 Å². The highest BCUT2D eigenvalue weighted by Gasteiger charge is 2.20. The highest BCUT2D eigenvalue weighted by molar-refractivity contribution is 6.33. The standard InChI is InChI=1S/C16H24ClN3O/c1-12(2)18-10-13-5-6-15(14(17)9-13)20-8-4-7-19(3)16(21)11-20/h5-6,9,12,18H,4,7-8,10-11H2,1-3H3. The molecular weight excluding hydrogens is 286 g/mol. The smallest absolute Gasteiger partial charge is 0.241 e. The van der Waals surface area contributed by atoms with Gasteiger partial charge in [0.05, 0.1) is 17.3 Å². The normalized spacial score (nSPS) is 16.5. The van der Waals surface area contributed by atoms with E-state index in [0.717, 1.165) is 42.3 Å². The van der Waals surface area contributed by atoms with E-state index in [1.54, 1.807) is 4.90 Å². The summed E-state index contributed by atoms with van der Waals surface area (Å²) >= 11 is 6.42. The molecule has 2 rings (SSSR count). The van der Waals surface area contributed by atoms with Crippen LogP contribution < -0.4 is 10.2 Å². The van der Waals surface area contributed by atoms with Gasteiger partial charge < -0.3 is 15.1 Å². The zero-order valence-electron chi connectivity index (χ0n) is 13.0. The van der Waals surface area contributed by atoms with Gasteiger partial charge in [-0.2, -0.15) is 0 Å². The largest absolute Gasteiger partial charge is 0.361 e. The fraction of sp³-hybridized carbons (Fsp3) is 0.562. The summed E-state index contributed by atoms with van der Waals surface area (Å²) in [6.45, 7) is 7.12. The Labute approximate surface area is 132 Å². The minimum Gasteiger partial charge on any atom is -0.361 e. The first-order valence-corrected chi connectivity index (χ1v) is 7.86. The Morgan fingerprint density at radius 1 is 1.33 bits per heavy atom. The number of benzene rings is 1. The molecule has 0 radical (unpaired) electrons. The SMILES string of the molecule is CC(C)NCc1ccc(N2CCCN(C)C(=O)C2)c(Cl)c1. The van der Waals surface area contributed by atoms with Gasteiger partial charge in [0, 0.05) is 32.7 Å². The van der Waals surface area contributed by atoms with E-state index < -0.39 is 0 Å². The van der Waals surface area contributed by atoms with E-state index in [4.69, 9.17) is 11.6 Å². The predicted octanol–water partition coefficient (Wildman–Crippen LogP) is 2.51. The molecule has 1 N–H and O–H groups in total. The number of hydrogen-bond donors (Lipinski definition) is 1. The van der Waals surface area contributed by atoms with Crippen LogP contribution in [0.2, 0.25) is 5.02 Å².